The van der Waals surface area contributed by atoms with Crippen LogP contribution in [0.2, 0.25) is 0 Å². The van der Waals surface area contributed by atoms with Crippen molar-refractivity contribution in [2.45, 2.75) is 25.9 Å². The van der Waals surface area contributed by atoms with Crippen LogP contribution in [0.4, 0.5) is 0 Å². The van der Waals surface area contributed by atoms with E-state index in [1.54, 1.807) is 12.4 Å². The van der Waals surface area contributed by atoms with E-state index in [-0.39, 0.29) is 55.1 Å². The Bertz CT molecular complexity index is 660. The molecule has 0 fully saturated rings. The number of hydrogen-bond donors (Lipinski definition) is 3. The molecule has 6 nitrogen and oxygen atoms in total. The van der Waals surface area contributed by atoms with Crippen LogP contribution in [0.15, 0.2) is 54.9 Å². The van der Waals surface area contributed by atoms with Crippen molar-refractivity contribution in [3.05, 3.63) is 66.0 Å². The molecule has 27 heavy (non-hydrogen) atoms. The summed E-state index contributed by atoms with van der Waals surface area (Å²) in [6.45, 7) is 3.60. The van der Waals surface area contributed by atoms with Crippen LogP contribution in [0.3, 0.4) is 0 Å². The lowest BCUT2D eigenvalue weighted by Crippen LogP contribution is -2.47. The lowest BCUT2D eigenvalue weighted by atomic mass is 10.0. The second kappa shape index (κ2) is 12.3. The summed E-state index contributed by atoms with van der Waals surface area (Å²) in [5, 5.41) is 5.52. The molecule has 0 spiro atoms. The van der Waals surface area contributed by atoms with Gasteiger partial charge in [0.1, 0.15) is 0 Å². The van der Waals surface area contributed by atoms with E-state index < -0.39 is 6.04 Å². The molecule has 2 aromatic rings. The summed E-state index contributed by atoms with van der Waals surface area (Å²) in [5.74, 6) is -0.611. The van der Waals surface area contributed by atoms with Gasteiger partial charge in [0.2, 0.25) is 11.8 Å². The Kier molecular flexibility index (Phi) is 11.3. The fraction of sp³-hybridized carbons (Fsp3) is 0.316. The average molecular weight is 413 g/mol. The number of nitrogens with two attached hydrogens (primary N) is 1. The fourth-order valence-electron chi connectivity index (χ4n) is 2.35. The molecule has 4 N–H and O–H groups in total. The van der Waals surface area contributed by atoms with Gasteiger partial charge in [0, 0.05) is 12.4 Å². The minimum Gasteiger partial charge on any atom is -0.346 e. The number of aromatic nitrogens is 1. The van der Waals surface area contributed by atoms with E-state index in [0.29, 0.717) is 0 Å². The number of amides is 2. The summed E-state index contributed by atoms with van der Waals surface area (Å²) in [5.41, 5.74) is 7.58. The first kappa shape index (κ1) is 24.8. The number of nitrogens with zero attached hydrogens (tertiary/aromatic N) is 1. The maximum Gasteiger partial charge on any atom is 0.240 e. The van der Waals surface area contributed by atoms with Crippen LogP contribution in [-0.2, 0) is 9.59 Å². The molecule has 2 rings (SSSR count). The highest BCUT2D eigenvalue weighted by Crippen LogP contribution is 2.20. The highest BCUT2D eigenvalue weighted by Gasteiger charge is 2.20. The fourth-order valence-corrected chi connectivity index (χ4v) is 2.35. The largest absolute Gasteiger partial charge is 0.346 e. The Morgan fingerprint density at radius 3 is 2.22 bits per heavy atom. The first-order chi connectivity index (χ1) is 12.0. The van der Waals surface area contributed by atoms with E-state index in [2.05, 4.69) is 15.6 Å². The molecule has 0 aliphatic heterocycles. The van der Waals surface area contributed by atoms with Gasteiger partial charge in [-0.15, -0.1) is 24.8 Å². The van der Waals surface area contributed by atoms with Gasteiger partial charge in [0.05, 0.1) is 18.6 Å². The van der Waals surface area contributed by atoms with Gasteiger partial charge in [-0.25, -0.2) is 0 Å². The molecule has 0 aliphatic carbocycles. The van der Waals surface area contributed by atoms with Gasteiger partial charge >= 0.3 is 0 Å². The van der Waals surface area contributed by atoms with Crippen molar-refractivity contribution in [3.63, 3.8) is 0 Å². The highest BCUT2D eigenvalue weighted by atomic mass is 35.5. The van der Waals surface area contributed by atoms with Gasteiger partial charge in [-0.05, 0) is 23.1 Å². The molecule has 0 saturated heterocycles. The topological polar surface area (TPSA) is 97.1 Å². The molecule has 2 atom stereocenters. The van der Waals surface area contributed by atoms with Crippen molar-refractivity contribution >= 4 is 36.6 Å². The monoisotopic (exact) mass is 412 g/mol. The first-order valence-corrected chi connectivity index (χ1v) is 8.26. The first-order valence-electron chi connectivity index (χ1n) is 8.26. The number of pyridine rings is 1. The van der Waals surface area contributed by atoms with E-state index in [0.717, 1.165) is 11.1 Å². The van der Waals surface area contributed by atoms with Gasteiger partial charge in [-0.1, -0.05) is 50.2 Å². The molecule has 2 amide bonds. The third-order valence-corrected chi connectivity index (χ3v) is 3.90. The summed E-state index contributed by atoms with van der Waals surface area (Å²) in [6.07, 6.45) is 3.39. The van der Waals surface area contributed by atoms with Crippen molar-refractivity contribution in [2.75, 3.05) is 6.54 Å². The molecule has 0 saturated carbocycles. The number of carbonyl (C=O) groups excluding carboxylic acids is 2. The van der Waals surface area contributed by atoms with Crippen LogP contribution in [-0.4, -0.2) is 29.4 Å². The average Bonchev–Trinajstić information content (AvgIpc) is 2.64. The molecule has 1 aromatic carbocycles. The maximum atomic E-state index is 12.3. The summed E-state index contributed by atoms with van der Waals surface area (Å²) in [4.78, 5) is 28.3. The molecule has 148 valence electrons. The van der Waals surface area contributed by atoms with E-state index in [1.807, 2.05) is 56.3 Å². The molecular formula is C19H26Cl2N4O2. The van der Waals surface area contributed by atoms with E-state index >= 15 is 0 Å². The molecule has 1 unspecified atom stereocenters. The predicted octanol–water partition coefficient (Wildman–Crippen LogP) is 2.23. The third-order valence-electron chi connectivity index (χ3n) is 3.90. The van der Waals surface area contributed by atoms with Crippen LogP contribution in [0.25, 0.3) is 0 Å². The number of rotatable bonds is 7. The second-order valence-corrected chi connectivity index (χ2v) is 6.19. The zero-order valence-corrected chi connectivity index (χ0v) is 16.9. The van der Waals surface area contributed by atoms with Gasteiger partial charge < -0.3 is 16.4 Å². The quantitative estimate of drug-likeness (QED) is 0.649. The summed E-state index contributed by atoms with van der Waals surface area (Å²) in [7, 11) is 0. The Balaban J connectivity index is 0.00000338. The smallest absolute Gasteiger partial charge is 0.240 e. The number of halogens is 2. The van der Waals surface area contributed by atoms with Crippen molar-refractivity contribution in [2.24, 2.45) is 11.7 Å². The Hall–Kier alpha value is -2.15. The van der Waals surface area contributed by atoms with E-state index in [9.17, 15) is 9.59 Å². The van der Waals surface area contributed by atoms with Gasteiger partial charge in [-0.3, -0.25) is 14.6 Å². The molecule has 0 radical (unpaired) electrons. The van der Waals surface area contributed by atoms with Crippen LogP contribution >= 0.6 is 24.8 Å². The van der Waals surface area contributed by atoms with Crippen LogP contribution in [0.5, 0.6) is 0 Å². The normalized spacial score (nSPS) is 12.1. The minimum absolute atomic E-state index is 0. The number of benzene rings is 1. The van der Waals surface area contributed by atoms with Gasteiger partial charge in [0.25, 0.3) is 0 Å². The molecule has 1 aromatic heterocycles. The highest BCUT2D eigenvalue weighted by molar-refractivity contribution is 5.87. The summed E-state index contributed by atoms with van der Waals surface area (Å²) in [6, 6.07) is 12.4. The zero-order valence-electron chi connectivity index (χ0n) is 15.3. The molecule has 8 heteroatoms. The second-order valence-electron chi connectivity index (χ2n) is 6.19. The summed E-state index contributed by atoms with van der Waals surface area (Å²) >= 11 is 0. The van der Waals surface area contributed by atoms with Crippen LogP contribution in [0.1, 0.15) is 31.0 Å². The SMILES string of the molecule is CC(C)[C@H](N)C(=O)NCC(=O)NC(c1ccccc1)c1cccnc1.Cl.Cl. The Labute approximate surface area is 172 Å². The lowest BCUT2D eigenvalue weighted by Gasteiger charge is -2.20. The predicted molar refractivity (Wildman–Crippen MR) is 111 cm³/mol. The van der Waals surface area contributed by atoms with Crippen molar-refractivity contribution in [1.82, 2.24) is 15.6 Å². The molecule has 0 bridgehead atoms. The zero-order chi connectivity index (χ0) is 18.2. The number of nitrogens with one attached hydrogen (secondary N) is 2. The maximum absolute atomic E-state index is 12.3. The van der Waals surface area contributed by atoms with E-state index in [1.165, 1.54) is 0 Å². The van der Waals surface area contributed by atoms with Gasteiger partial charge in [-0.2, -0.15) is 0 Å². The van der Waals surface area contributed by atoms with Crippen molar-refractivity contribution < 1.29 is 9.59 Å². The molecular weight excluding hydrogens is 387 g/mol. The van der Waals surface area contributed by atoms with Crippen molar-refractivity contribution in [3.8, 4) is 0 Å². The molecule has 0 aliphatic rings. The lowest BCUT2D eigenvalue weighted by molar-refractivity contribution is -0.127. The summed E-state index contributed by atoms with van der Waals surface area (Å²) < 4.78 is 0. The Morgan fingerprint density at radius 1 is 1.04 bits per heavy atom. The van der Waals surface area contributed by atoms with Gasteiger partial charge in [0.15, 0.2) is 0 Å². The Morgan fingerprint density at radius 2 is 1.67 bits per heavy atom. The number of hydrogen-bond acceptors (Lipinski definition) is 4. The third kappa shape index (κ3) is 7.54. The van der Waals surface area contributed by atoms with E-state index in [4.69, 9.17) is 5.73 Å². The minimum atomic E-state index is -0.629. The molecule has 1 heterocycles. The number of carbonyl (C=O) groups is 2. The standard InChI is InChI=1S/C19H24N4O2.2ClH/c1-13(2)17(20)19(25)22-12-16(24)23-18(14-7-4-3-5-8-14)15-9-6-10-21-11-15;;/h3-11,13,17-18H,12,20H2,1-2H3,(H,22,25)(H,23,24);2*1H/t17-,18?;;/m0../s1. The van der Waals surface area contributed by atoms with Crippen molar-refractivity contribution in [1.29, 1.82) is 0 Å². The van der Waals surface area contributed by atoms with Crippen LogP contribution in [0, 0.1) is 5.92 Å². The van der Waals surface area contributed by atoms with Crippen LogP contribution < -0.4 is 16.4 Å².